The number of hydrogen-bond acceptors (Lipinski definition) is 3. The molecule has 1 rings (SSSR count). The van der Waals surface area contributed by atoms with Gasteiger partial charge in [0.15, 0.2) is 0 Å². The number of carbonyl (C=O) groups is 1. The molecular weight excluding hydrogens is 250 g/mol. The van der Waals surface area contributed by atoms with Crippen molar-refractivity contribution in [1.29, 1.82) is 0 Å². The monoisotopic (exact) mass is 283 g/mol. The number of nitrogens with two attached hydrogens (primary N) is 1. The molecule has 0 spiro atoms. The van der Waals surface area contributed by atoms with E-state index in [1.165, 1.54) is 0 Å². The highest BCUT2D eigenvalue weighted by Crippen LogP contribution is 2.32. The van der Waals surface area contributed by atoms with E-state index in [4.69, 9.17) is 5.73 Å². The first-order chi connectivity index (χ1) is 9.32. The van der Waals surface area contributed by atoms with E-state index < -0.39 is 0 Å². The third-order valence-corrected chi connectivity index (χ3v) is 4.54. The first-order valence-corrected chi connectivity index (χ1v) is 8.01. The second-order valence-corrected chi connectivity index (χ2v) is 7.32. The Labute approximate surface area is 124 Å². The van der Waals surface area contributed by atoms with Crippen molar-refractivity contribution in [2.75, 3.05) is 26.7 Å². The first-order valence-electron chi connectivity index (χ1n) is 8.01. The summed E-state index contributed by atoms with van der Waals surface area (Å²) >= 11 is 0. The molecule has 1 saturated heterocycles. The Balaban J connectivity index is 2.31. The molecule has 1 aliphatic heterocycles. The van der Waals surface area contributed by atoms with Crippen LogP contribution in [-0.2, 0) is 4.79 Å². The molecule has 118 valence electrons. The van der Waals surface area contributed by atoms with Gasteiger partial charge in [-0.25, -0.2) is 0 Å². The van der Waals surface area contributed by atoms with Gasteiger partial charge in [-0.2, -0.15) is 0 Å². The highest BCUT2D eigenvalue weighted by atomic mass is 16.1. The van der Waals surface area contributed by atoms with E-state index in [0.717, 1.165) is 38.8 Å². The molecule has 0 saturated carbocycles. The van der Waals surface area contributed by atoms with Gasteiger partial charge < -0.3 is 16.0 Å². The van der Waals surface area contributed by atoms with Crippen LogP contribution in [0.4, 0.5) is 0 Å². The van der Waals surface area contributed by atoms with Crippen LogP contribution in [-0.4, -0.2) is 43.5 Å². The summed E-state index contributed by atoms with van der Waals surface area (Å²) < 4.78 is 0. The van der Waals surface area contributed by atoms with E-state index in [-0.39, 0.29) is 11.3 Å². The molecular formula is C16H33N3O. The number of carbonyl (C=O) groups excluding carboxylic acids is 1. The summed E-state index contributed by atoms with van der Waals surface area (Å²) in [7, 11) is 2.14. The maximum absolute atomic E-state index is 12.1. The minimum atomic E-state index is 0.214. The van der Waals surface area contributed by atoms with Crippen molar-refractivity contribution in [3.63, 3.8) is 0 Å². The third-order valence-electron chi connectivity index (χ3n) is 4.54. The molecule has 1 heterocycles. The fourth-order valence-corrected chi connectivity index (χ4v) is 2.97. The minimum Gasteiger partial charge on any atom is -0.353 e. The third kappa shape index (κ3) is 6.23. The highest BCUT2D eigenvalue weighted by Gasteiger charge is 2.25. The number of likely N-dealkylation sites (tertiary alicyclic amines) is 1. The van der Waals surface area contributed by atoms with Gasteiger partial charge in [-0.1, -0.05) is 20.8 Å². The molecule has 4 nitrogen and oxygen atoms in total. The Hall–Kier alpha value is -0.610. The SMILES string of the molecule is CN1CCC(NC(=O)CCC(CCN)C(C)(C)C)CC1. The fourth-order valence-electron chi connectivity index (χ4n) is 2.97. The van der Waals surface area contributed by atoms with Gasteiger partial charge in [0.1, 0.15) is 0 Å². The lowest BCUT2D eigenvalue weighted by atomic mass is 9.76. The van der Waals surface area contributed by atoms with Crippen LogP contribution in [0, 0.1) is 11.3 Å². The summed E-state index contributed by atoms with van der Waals surface area (Å²) in [6, 6.07) is 0.376. The number of hydrogen-bond donors (Lipinski definition) is 2. The van der Waals surface area contributed by atoms with E-state index in [2.05, 4.69) is 38.0 Å². The summed E-state index contributed by atoms with van der Waals surface area (Å²) in [5.41, 5.74) is 5.92. The van der Waals surface area contributed by atoms with Gasteiger partial charge in [0, 0.05) is 12.5 Å². The normalized spacial score (nSPS) is 19.9. The summed E-state index contributed by atoms with van der Waals surface area (Å²) in [5.74, 6) is 0.738. The van der Waals surface area contributed by atoms with Crippen LogP contribution in [0.15, 0.2) is 0 Å². The van der Waals surface area contributed by atoms with Crippen molar-refractivity contribution in [3.05, 3.63) is 0 Å². The predicted molar refractivity (Wildman–Crippen MR) is 84.5 cm³/mol. The summed E-state index contributed by atoms with van der Waals surface area (Å²) in [4.78, 5) is 14.4. The maximum Gasteiger partial charge on any atom is 0.220 e. The maximum atomic E-state index is 12.1. The molecule has 1 fully saturated rings. The molecule has 0 aromatic rings. The van der Waals surface area contributed by atoms with Gasteiger partial charge in [-0.05, 0) is 63.7 Å². The van der Waals surface area contributed by atoms with Crippen LogP contribution in [0.3, 0.4) is 0 Å². The zero-order chi connectivity index (χ0) is 15.2. The molecule has 1 unspecified atom stereocenters. The van der Waals surface area contributed by atoms with Crippen molar-refractivity contribution in [2.24, 2.45) is 17.1 Å². The average Bonchev–Trinajstić information content (AvgIpc) is 2.36. The summed E-state index contributed by atoms with van der Waals surface area (Å²) in [5, 5.41) is 3.19. The van der Waals surface area contributed by atoms with Crippen LogP contribution in [0.1, 0.15) is 52.9 Å². The van der Waals surface area contributed by atoms with Crippen molar-refractivity contribution in [1.82, 2.24) is 10.2 Å². The summed E-state index contributed by atoms with van der Waals surface area (Å²) in [6.07, 6.45) is 4.74. The number of amides is 1. The lowest BCUT2D eigenvalue weighted by Crippen LogP contribution is -2.43. The van der Waals surface area contributed by atoms with Crippen molar-refractivity contribution >= 4 is 5.91 Å². The molecule has 0 aromatic carbocycles. The molecule has 4 heteroatoms. The number of nitrogens with zero attached hydrogens (tertiary/aromatic N) is 1. The average molecular weight is 283 g/mol. The Morgan fingerprint density at radius 1 is 1.30 bits per heavy atom. The van der Waals surface area contributed by atoms with Gasteiger partial charge in [-0.3, -0.25) is 4.79 Å². The molecule has 0 bridgehead atoms. The van der Waals surface area contributed by atoms with Crippen molar-refractivity contribution < 1.29 is 4.79 Å². The van der Waals surface area contributed by atoms with E-state index in [1.54, 1.807) is 0 Å². The number of nitrogens with one attached hydrogen (secondary N) is 1. The molecule has 1 aliphatic rings. The predicted octanol–water partition coefficient (Wildman–Crippen LogP) is 1.99. The molecule has 0 aromatic heterocycles. The second-order valence-electron chi connectivity index (χ2n) is 7.32. The lowest BCUT2D eigenvalue weighted by Gasteiger charge is -2.31. The van der Waals surface area contributed by atoms with Crippen molar-refractivity contribution in [2.45, 2.75) is 58.9 Å². The second kappa shape index (κ2) is 7.99. The van der Waals surface area contributed by atoms with Gasteiger partial charge >= 0.3 is 0 Å². The molecule has 0 aliphatic carbocycles. The number of rotatable bonds is 6. The van der Waals surface area contributed by atoms with E-state index >= 15 is 0 Å². The van der Waals surface area contributed by atoms with E-state index in [1.807, 2.05) is 0 Å². The fraction of sp³-hybridized carbons (Fsp3) is 0.938. The molecule has 1 amide bonds. The van der Waals surface area contributed by atoms with Crippen LogP contribution in [0.5, 0.6) is 0 Å². The van der Waals surface area contributed by atoms with E-state index in [0.29, 0.717) is 24.9 Å². The standard InChI is InChI=1S/C16H33N3O/c1-16(2,3)13(7-10-17)5-6-15(20)18-14-8-11-19(4)12-9-14/h13-14H,5-12,17H2,1-4H3,(H,18,20). The topological polar surface area (TPSA) is 58.4 Å². The molecule has 20 heavy (non-hydrogen) atoms. The molecule has 3 N–H and O–H groups in total. The zero-order valence-corrected chi connectivity index (χ0v) is 13.7. The van der Waals surface area contributed by atoms with E-state index in [9.17, 15) is 4.79 Å². The van der Waals surface area contributed by atoms with Gasteiger partial charge in [0.25, 0.3) is 0 Å². The smallest absolute Gasteiger partial charge is 0.220 e. The highest BCUT2D eigenvalue weighted by molar-refractivity contribution is 5.76. The zero-order valence-electron chi connectivity index (χ0n) is 13.7. The van der Waals surface area contributed by atoms with Gasteiger partial charge in [-0.15, -0.1) is 0 Å². The van der Waals surface area contributed by atoms with Crippen LogP contribution in [0.25, 0.3) is 0 Å². The Kier molecular flexibility index (Phi) is 6.96. The number of piperidine rings is 1. The van der Waals surface area contributed by atoms with Crippen LogP contribution < -0.4 is 11.1 Å². The quantitative estimate of drug-likeness (QED) is 0.784. The summed E-state index contributed by atoms with van der Waals surface area (Å²) in [6.45, 7) is 9.59. The Morgan fingerprint density at radius 2 is 1.90 bits per heavy atom. The van der Waals surface area contributed by atoms with Crippen LogP contribution >= 0.6 is 0 Å². The Morgan fingerprint density at radius 3 is 2.40 bits per heavy atom. The first kappa shape index (κ1) is 17.4. The van der Waals surface area contributed by atoms with Gasteiger partial charge in [0.2, 0.25) is 5.91 Å². The molecule has 0 radical (unpaired) electrons. The van der Waals surface area contributed by atoms with Crippen molar-refractivity contribution in [3.8, 4) is 0 Å². The lowest BCUT2D eigenvalue weighted by molar-refractivity contribution is -0.122. The van der Waals surface area contributed by atoms with Gasteiger partial charge in [0.05, 0.1) is 0 Å². The molecule has 1 atom stereocenters. The minimum absolute atomic E-state index is 0.214. The Bertz CT molecular complexity index is 291. The van der Waals surface area contributed by atoms with Crippen LogP contribution in [0.2, 0.25) is 0 Å². The largest absolute Gasteiger partial charge is 0.353 e.